The van der Waals surface area contributed by atoms with E-state index in [2.05, 4.69) is 24.4 Å². The first-order chi connectivity index (χ1) is 12.1. The molecule has 0 saturated carbocycles. The number of nitrogens with zero attached hydrogens (tertiary/aromatic N) is 1. The molecule has 0 aliphatic heterocycles. The van der Waals surface area contributed by atoms with Crippen LogP contribution in [0.4, 0.5) is 0 Å². The molecule has 132 valence electrons. The minimum Gasteiger partial charge on any atom is -0.494 e. The fraction of sp³-hybridized carbons (Fsp3) is 0.300. The van der Waals surface area contributed by atoms with Crippen LogP contribution in [0, 0.1) is 0 Å². The van der Waals surface area contributed by atoms with E-state index in [9.17, 15) is 4.79 Å². The zero-order valence-electron chi connectivity index (χ0n) is 14.9. The summed E-state index contributed by atoms with van der Waals surface area (Å²) in [7, 11) is 0. The first-order valence-corrected chi connectivity index (χ1v) is 8.36. The summed E-state index contributed by atoms with van der Waals surface area (Å²) in [4.78, 5) is 11.8. The molecule has 0 heterocycles. The second-order valence-electron chi connectivity index (χ2n) is 5.81. The Labute approximate surface area is 148 Å². The predicted octanol–water partition coefficient (Wildman–Crippen LogP) is 3.74. The fourth-order valence-electron chi connectivity index (χ4n) is 2.13. The highest BCUT2D eigenvalue weighted by Crippen LogP contribution is 2.18. The molecule has 0 aromatic heterocycles. The van der Waals surface area contributed by atoms with Crippen molar-refractivity contribution < 1.29 is 14.3 Å². The van der Waals surface area contributed by atoms with Crippen LogP contribution in [0.25, 0.3) is 0 Å². The number of amides is 1. The largest absolute Gasteiger partial charge is 0.494 e. The molecule has 0 spiro atoms. The van der Waals surface area contributed by atoms with E-state index >= 15 is 0 Å². The van der Waals surface area contributed by atoms with Crippen LogP contribution >= 0.6 is 0 Å². The van der Waals surface area contributed by atoms with E-state index in [0.717, 1.165) is 11.3 Å². The molecule has 0 aliphatic rings. The molecule has 0 aliphatic carbocycles. The summed E-state index contributed by atoms with van der Waals surface area (Å²) in [5.41, 5.74) is 4.55. The molecule has 1 amide bonds. The average Bonchev–Trinajstić information content (AvgIpc) is 2.62. The monoisotopic (exact) mass is 340 g/mol. The van der Waals surface area contributed by atoms with Crippen LogP contribution in [0.1, 0.15) is 37.8 Å². The van der Waals surface area contributed by atoms with E-state index in [1.165, 1.54) is 5.56 Å². The summed E-state index contributed by atoms with van der Waals surface area (Å²) in [6, 6.07) is 15.2. The number of carbonyl (C=O) groups excluding carboxylic acids is 1. The van der Waals surface area contributed by atoms with Gasteiger partial charge in [-0.2, -0.15) is 5.10 Å². The van der Waals surface area contributed by atoms with Crippen molar-refractivity contribution in [2.45, 2.75) is 26.7 Å². The van der Waals surface area contributed by atoms with Crippen molar-refractivity contribution in [3.63, 3.8) is 0 Å². The lowest BCUT2D eigenvalue weighted by atomic mass is 10.0. The second kappa shape index (κ2) is 9.47. The van der Waals surface area contributed by atoms with Gasteiger partial charge in [-0.25, -0.2) is 5.43 Å². The average molecular weight is 340 g/mol. The summed E-state index contributed by atoms with van der Waals surface area (Å²) in [6.07, 6.45) is 1.57. The number of ether oxygens (including phenoxy) is 2. The summed E-state index contributed by atoms with van der Waals surface area (Å²) < 4.78 is 10.8. The molecule has 5 nitrogen and oxygen atoms in total. The van der Waals surface area contributed by atoms with Gasteiger partial charge in [0.2, 0.25) is 0 Å². The quantitative estimate of drug-likeness (QED) is 0.588. The van der Waals surface area contributed by atoms with Crippen molar-refractivity contribution in [1.82, 2.24) is 5.43 Å². The third-order valence-electron chi connectivity index (χ3n) is 3.51. The van der Waals surface area contributed by atoms with Gasteiger partial charge in [0.25, 0.3) is 5.91 Å². The van der Waals surface area contributed by atoms with Gasteiger partial charge in [-0.15, -0.1) is 0 Å². The Morgan fingerprint density at radius 1 is 1.04 bits per heavy atom. The standard InChI is InChI=1S/C20H24N2O3/c1-4-24-18-9-5-16(6-10-18)13-21-22-20(23)14-25-19-11-7-17(8-12-19)15(2)3/h5-13,15H,4,14H2,1-3H3,(H,22,23)/b21-13-. The minimum absolute atomic E-state index is 0.0817. The molecular formula is C20H24N2O3. The van der Waals surface area contributed by atoms with Crippen molar-refractivity contribution >= 4 is 12.1 Å². The summed E-state index contributed by atoms with van der Waals surface area (Å²) >= 11 is 0. The van der Waals surface area contributed by atoms with Gasteiger partial charge in [0.1, 0.15) is 11.5 Å². The van der Waals surface area contributed by atoms with Gasteiger partial charge < -0.3 is 9.47 Å². The van der Waals surface area contributed by atoms with E-state index in [1.54, 1.807) is 6.21 Å². The van der Waals surface area contributed by atoms with Crippen molar-refractivity contribution in [3.05, 3.63) is 59.7 Å². The van der Waals surface area contributed by atoms with E-state index in [1.807, 2.05) is 55.5 Å². The number of carbonyl (C=O) groups is 1. The molecule has 0 saturated heterocycles. The van der Waals surface area contributed by atoms with Gasteiger partial charge in [0.05, 0.1) is 12.8 Å². The predicted molar refractivity (Wildman–Crippen MR) is 99.4 cm³/mol. The molecule has 0 radical (unpaired) electrons. The minimum atomic E-state index is -0.310. The number of rotatable bonds is 8. The summed E-state index contributed by atoms with van der Waals surface area (Å²) in [5.74, 6) is 1.63. The molecule has 0 fully saturated rings. The summed E-state index contributed by atoms with van der Waals surface area (Å²) in [6.45, 7) is 6.74. The molecule has 25 heavy (non-hydrogen) atoms. The Kier molecular flexibility index (Phi) is 7.01. The van der Waals surface area contributed by atoms with E-state index < -0.39 is 0 Å². The van der Waals surface area contributed by atoms with Crippen LogP contribution in [-0.2, 0) is 4.79 Å². The fourth-order valence-corrected chi connectivity index (χ4v) is 2.13. The molecule has 0 atom stereocenters. The Morgan fingerprint density at radius 3 is 2.24 bits per heavy atom. The Bertz CT molecular complexity index is 692. The molecule has 5 heteroatoms. The van der Waals surface area contributed by atoms with E-state index in [4.69, 9.17) is 9.47 Å². The SMILES string of the molecule is CCOc1ccc(/C=N\NC(=O)COc2ccc(C(C)C)cc2)cc1. The van der Waals surface area contributed by atoms with Gasteiger partial charge in [-0.05, 0) is 60.4 Å². The van der Waals surface area contributed by atoms with Crippen LogP contribution in [0.2, 0.25) is 0 Å². The highest BCUT2D eigenvalue weighted by molar-refractivity contribution is 5.83. The first-order valence-electron chi connectivity index (χ1n) is 8.36. The van der Waals surface area contributed by atoms with E-state index in [0.29, 0.717) is 18.3 Å². The van der Waals surface area contributed by atoms with Gasteiger partial charge in [0.15, 0.2) is 6.61 Å². The Balaban J connectivity index is 1.76. The smallest absolute Gasteiger partial charge is 0.277 e. The molecule has 1 N–H and O–H groups in total. The van der Waals surface area contributed by atoms with Gasteiger partial charge >= 0.3 is 0 Å². The highest BCUT2D eigenvalue weighted by atomic mass is 16.5. The second-order valence-corrected chi connectivity index (χ2v) is 5.81. The topological polar surface area (TPSA) is 59.9 Å². The number of hydrogen-bond acceptors (Lipinski definition) is 4. The van der Waals surface area contributed by atoms with Gasteiger partial charge in [-0.3, -0.25) is 4.79 Å². The highest BCUT2D eigenvalue weighted by Gasteiger charge is 2.03. The van der Waals surface area contributed by atoms with Crippen LogP contribution in [0.3, 0.4) is 0 Å². The van der Waals surface area contributed by atoms with E-state index in [-0.39, 0.29) is 12.5 Å². The maximum atomic E-state index is 11.8. The zero-order valence-corrected chi connectivity index (χ0v) is 14.9. The first kappa shape index (κ1) is 18.5. The van der Waals surface area contributed by atoms with Gasteiger partial charge in [-0.1, -0.05) is 26.0 Å². The van der Waals surface area contributed by atoms with Gasteiger partial charge in [0, 0.05) is 0 Å². The van der Waals surface area contributed by atoms with Crippen molar-refractivity contribution in [2.24, 2.45) is 5.10 Å². The van der Waals surface area contributed by atoms with Crippen LogP contribution in [0.5, 0.6) is 11.5 Å². The zero-order chi connectivity index (χ0) is 18.1. The van der Waals surface area contributed by atoms with Crippen molar-refractivity contribution in [2.75, 3.05) is 13.2 Å². The molecule has 0 unspecified atom stereocenters. The van der Waals surface area contributed by atoms with Crippen LogP contribution in [-0.4, -0.2) is 25.3 Å². The molecule has 0 bridgehead atoms. The lowest BCUT2D eigenvalue weighted by Gasteiger charge is -2.08. The van der Waals surface area contributed by atoms with Crippen molar-refractivity contribution in [1.29, 1.82) is 0 Å². The number of hydrazone groups is 1. The number of hydrogen-bond donors (Lipinski definition) is 1. The molecule has 2 rings (SSSR count). The Hall–Kier alpha value is -2.82. The molecule has 2 aromatic rings. The molecule has 2 aromatic carbocycles. The number of nitrogens with one attached hydrogen (secondary N) is 1. The normalized spacial score (nSPS) is 10.9. The molecular weight excluding hydrogens is 316 g/mol. The van der Waals surface area contributed by atoms with Crippen LogP contribution in [0.15, 0.2) is 53.6 Å². The third kappa shape index (κ3) is 6.30. The third-order valence-corrected chi connectivity index (χ3v) is 3.51. The lowest BCUT2D eigenvalue weighted by Crippen LogP contribution is -2.24. The maximum Gasteiger partial charge on any atom is 0.277 e. The maximum absolute atomic E-state index is 11.8. The Morgan fingerprint density at radius 2 is 1.64 bits per heavy atom. The lowest BCUT2D eigenvalue weighted by molar-refractivity contribution is -0.123. The van der Waals surface area contributed by atoms with Crippen molar-refractivity contribution in [3.8, 4) is 11.5 Å². The number of benzene rings is 2. The van der Waals surface area contributed by atoms with Crippen LogP contribution < -0.4 is 14.9 Å². The summed E-state index contributed by atoms with van der Waals surface area (Å²) in [5, 5.41) is 3.92.